The van der Waals surface area contributed by atoms with Crippen LogP contribution in [0.4, 0.5) is 0 Å². The van der Waals surface area contributed by atoms with Gasteiger partial charge < -0.3 is 19.3 Å². The number of carbonyl (C=O) groups excluding carboxylic acids is 2. The zero-order chi connectivity index (χ0) is 17.4. The fourth-order valence-electron chi connectivity index (χ4n) is 4.66. The number of ether oxygens (including phenoxy) is 2. The van der Waals surface area contributed by atoms with E-state index in [0.29, 0.717) is 26.2 Å². The van der Waals surface area contributed by atoms with Crippen LogP contribution in [0.15, 0.2) is 0 Å². The predicted molar refractivity (Wildman–Crippen MR) is 91.9 cm³/mol. The SMILES string of the molecule is CC1CN(C(=O)C2CCCN(C(=O)C3CC3)C2)CC2(CCCOC2)O1. The summed E-state index contributed by atoms with van der Waals surface area (Å²) in [6, 6.07) is 0. The van der Waals surface area contributed by atoms with E-state index in [-0.39, 0.29) is 35.4 Å². The highest BCUT2D eigenvalue weighted by Gasteiger charge is 2.44. The molecule has 0 aromatic heterocycles. The standard InChI is InChI=1S/C19H30N2O4/c1-14-10-21(12-19(25-14)7-3-9-24-13-19)18(23)16-4-2-8-20(11-16)17(22)15-5-6-15/h14-16H,2-13H2,1H3. The van der Waals surface area contributed by atoms with Gasteiger partial charge in [0.25, 0.3) is 0 Å². The molecule has 0 aromatic carbocycles. The maximum Gasteiger partial charge on any atom is 0.227 e. The molecule has 0 bridgehead atoms. The van der Waals surface area contributed by atoms with Crippen LogP contribution in [0.2, 0.25) is 0 Å². The summed E-state index contributed by atoms with van der Waals surface area (Å²) in [5.74, 6) is 0.654. The van der Waals surface area contributed by atoms with Gasteiger partial charge in [0, 0.05) is 32.2 Å². The molecule has 25 heavy (non-hydrogen) atoms. The zero-order valence-corrected chi connectivity index (χ0v) is 15.2. The van der Waals surface area contributed by atoms with Crippen LogP contribution in [0.5, 0.6) is 0 Å². The first-order chi connectivity index (χ1) is 12.1. The molecular weight excluding hydrogens is 320 g/mol. The molecule has 4 fully saturated rings. The van der Waals surface area contributed by atoms with E-state index in [4.69, 9.17) is 9.47 Å². The quantitative estimate of drug-likeness (QED) is 0.756. The molecule has 6 heteroatoms. The van der Waals surface area contributed by atoms with Crippen LogP contribution in [-0.4, -0.2) is 72.7 Å². The average Bonchev–Trinajstić information content (AvgIpc) is 3.45. The Bertz CT molecular complexity index is 528. The van der Waals surface area contributed by atoms with Gasteiger partial charge in [-0.1, -0.05) is 0 Å². The molecule has 2 amide bonds. The predicted octanol–water partition coefficient (Wildman–Crippen LogP) is 1.43. The minimum absolute atomic E-state index is 0.0344. The van der Waals surface area contributed by atoms with Crippen molar-refractivity contribution in [2.45, 2.75) is 57.2 Å². The molecular formula is C19H30N2O4. The summed E-state index contributed by atoms with van der Waals surface area (Å²) in [5.41, 5.74) is -0.330. The number of hydrogen-bond donors (Lipinski definition) is 0. The molecule has 3 unspecified atom stereocenters. The zero-order valence-electron chi connectivity index (χ0n) is 15.2. The van der Waals surface area contributed by atoms with E-state index < -0.39 is 0 Å². The normalized spacial score (nSPS) is 36.5. The van der Waals surface area contributed by atoms with Gasteiger partial charge in [-0.05, 0) is 45.4 Å². The van der Waals surface area contributed by atoms with Crippen molar-refractivity contribution >= 4 is 11.8 Å². The van der Waals surface area contributed by atoms with Crippen LogP contribution in [0.25, 0.3) is 0 Å². The summed E-state index contributed by atoms with van der Waals surface area (Å²) in [6.45, 7) is 6.10. The highest BCUT2D eigenvalue weighted by atomic mass is 16.6. The van der Waals surface area contributed by atoms with Crippen LogP contribution in [0, 0.1) is 11.8 Å². The summed E-state index contributed by atoms with van der Waals surface area (Å²) in [4.78, 5) is 29.5. The van der Waals surface area contributed by atoms with Gasteiger partial charge in [0.15, 0.2) is 0 Å². The smallest absolute Gasteiger partial charge is 0.227 e. The summed E-state index contributed by atoms with van der Waals surface area (Å²) in [7, 11) is 0. The van der Waals surface area contributed by atoms with E-state index in [2.05, 4.69) is 0 Å². The molecule has 3 aliphatic heterocycles. The van der Waals surface area contributed by atoms with E-state index in [0.717, 1.165) is 51.7 Å². The van der Waals surface area contributed by atoms with Crippen LogP contribution in [-0.2, 0) is 19.1 Å². The topological polar surface area (TPSA) is 59.1 Å². The van der Waals surface area contributed by atoms with Gasteiger partial charge in [0.2, 0.25) is 11.8 Å². The van der Waals surface area contributed by atoms with Gasteiger partial charge in [0.05, 0.1) is 25.2 Å². The number of hydrogen-bond acceptors (Lipinski definition) is 4. The Hall–Kier alpha value is -1.14. The van der Waals surface area contributed by atoms with Gasteiger partial charge in [-0.15, -0.1) is 0 Å². The largest absolute Gasteiger partial charge is 0.378 e. The van der Waals surface area contributed by atoms with Crippen LogP contribution < -0.4 is 0 Å². The number of likely N-dealkylation sites (tertiary alicyclic amines) is 1. The van der Waals surface area contributed by atoms with Crippen LogP contribution in [0.3, 0.4) is 0 Å². The van der Waals surface area contributed by atoms with E-state index >= 15 is 0 Å². The highest BCUT2D eigenvalue weighted by Crippen LogP contribution is 2.34. The van der Waals surface area contributed by atoms with Gasteiger partial charge in [-0.3, -0.25) is 9.59 Å². The lowest BCUT2D eigenvalue weighted by molar-refractivity contribution is -0.201. The minimum atomic E-state index is -0.330. The fourth-order valence-corrected chi connectivity index (χ4v) is 4.66. The van der Waals surface area contributed by atoms with Gasteiger partial charge >= 0.3 is 0 Å². The Balaban J connectivity index is 1.41. The lowest BCUT2D eigenvalue weighted by Crippen LogP contribution is -2.61. The summed E-state index contributed by atoms with van der Waals surface area (Å²) >= 11 is 0. The minimum Gasteiger partial charge on any atom is -0.378 e. The Morgan fingerprint density at radius 3 is 2.52 bits per heavy atom. The molecule has 0 N–H and O–H groups in total. The second-order valence-corrected chi connectivity index (χ2v) is 8.38. The molecule has 6 nitrogen and oxygen atoms in total. The molecule has 4 rings (SSSR count). The van der Waals surface area contributed by atoms with Crippen LogP contribution >= 0.6 is 0 Å². The third-order valence-corrected chi connectivity index (χ3v) is 6.01. The van der Waals surface area contributed by atoms with E-state index in [1.807, 2.05) is 16.7 Å². The average molecular weight is 350 g/mol. The van der Waals surface area contributed by atoms with Crippen molar-refractivity contribution in [3.8, 4) is 0 Å². The first-order valence-corrected chi connectivity index (χ1v) is 9.89. The van der Waals surface area contributed by atoms with Crippen molar-refractivity contribution in [3.05, 3.63) is 0 Å². The number of nitrogens with zero attached hydrogens (tertiary/aromatic N) is 2. The summed E-state index contributed by atoms with van der Waals surface area (Å²) < 4.78 is 11.8. The first-order valence-electron chi connectivity index (χ1n) is 9.89. The Kier molecular flexibility index (Phi) is 4.75. The number of carbonyl (C=O) groups is 2. The van der Waals surface area contributed by atoms with Gasteiger partial charge in [0.1, 0.15) is 5.60 Å². The van der Waals surface area contributed by atoms with E-state index in [9.17, 15) is 9.59 Å². The van der Waals surface area contributed by atoms with Crippen molar-refractivity contribution in [2.24, 2.45) is 11.8 Å². The third-order valence-electron chi connectivity index (χ3n) is 6.01. The fraction of sp³-hybridized carbons (Fsp3) is 0.895. The van der Waals surface area contributed by atoms with Crippen LogP contribution in [0.1, 0.15) is 45.4 Å². The Labute approximate surface area is 149 Å². The molecule has 3 heterocycles. The monoisotopic (exact) mass is 350 g/mol. The number of morpholine rings is 1. The second kappa shape index (κ2) is 6.88. The highest BCUT2D eigenvalue weighted by molar-refractivity contribution is 5.83. The van der Waals surface area contributed by atoms with E-state index in [1.54, 1.807) is 0 Å². The van der Waals surface area contributed by atoms with Gasteiger partial charge in [-0.2, -0.15) is 0 Å². The molecule has 3 atom stereocenters. The second-order valence-electron chi connectivity index (χ2n) is 8.38. The number of amides is 2. The maximum absolute atomic E-state index is 13.2. The molecule has 4 aliphatic rings. The number of piperidine rings is 1. The molecule has 140 valence electrons. The molecule has 1 spiro atoms. The van der Waals surface area contributed by atoms with Crippen molar-refractivity contribution in [1.82, 2.24) is 9.80 Å². The Morgan fingerprint density at radius 1 is 1.00 bits per heavy atom. The maximum atomic E-state index is 13.2. The summed E-state index contributed by atoms with van der Waals surface area (Å²) in [5, 5.41) is 0. The first kappa shape index (κ1) is 17.3. The molecule has 3 saturated heterocycles. The third kappa shape index (κ3) is 3.70. The van der Waals surface area contributed by atoms with Crippen molar-refractivity contribution < 1.29 is 19.1 Å². The number of rotatable bonds is 2. The molecule has 0 aromatic rings. The lowest BCUT2D eigenvalue weighted by atomic mass is 9.91. The van der Waals surface area contributed by atoms with Crippen molar-refractivity contribution in [3.63, 3.8) is 0 Å². The van der Waals surface area contributed by atoms with E-state index in [1.165, 1.54) is 0 Å². The summed E-state index contributed by atoms with van der Waals surface area (Å²) in [6.07, 6.45) is 5.85. The Morgan fingerprint density at radius 2 is 1.80 bits per heavy atom. The lowest BCUT2D eigenvalue weighted by Gasteiger charge is -2.48. The van der Waals surface area contributed by atoms with Crippen molar-refractivity contribution in [1.29, 1.82) is 0 Å². The molecule has 1 saturated carbocycles. The molecule has 1 aliphatic carbocycles. The molecule has 0 radical (unpaired) electrons. The van der Waals surface area contributed by atoms with Crippen molar-refractivity contribution in [2.75, 3.05) is 39.4 Å². The van der Waals surface area contributed by atoms with Gasteiger partial charge in [-0.25, -0.2) is 0 Å².